The summed E-state index contributed by atoms with van der Waals surface area (Å²) < 4.78 is 0. The zero-order valence-electron chi connectivity index (χ0n) is 18.3. The molecule has 0 radical (unpaired) electrons. The largest absolute Gasteiger partial charge is 0.344 e. The summed E-state index contributed by atoms with van der Waals surface area (Å²) in [5, 5.41) is 2.94. The molecule has 2 heterocycles. The van der Waals surface area contributed by atoms with Crippen LogP contribution in [-0.4, -0.2) is 59.7 Å². The second-order valence-electron chi connectivity index (χ2n) is 8.94. The van der Waals surface area contributed by atoms with E-state index < -0.39 is 6.04 Å². The number of benzene rings is 1. The van der Waals surface area contributed by atoms with E-state index in [0.29, 0.717) is 25.9 Å². The van der Waals surface area contributed by atoms with Crippen molar-refractivity contribution in [2.75, 3.05) is 26.2 Å². The third kappa shape index (κ3) is 5.83. The van der Waals surface area contributed by atoms with Gasteiger partial charge in [-0.25, -0.2) is 0 Å². The first kappa shape index (κ1) is 22.3. The topological polar surface area (TPSA) is 69.7 Å². The lowest BCUT2D eigenvalue weighted by molar-refractivity contribution is -0.143. The first-order valence-electron chi connectivity index (χ1n) is 11.4. The lowest BCUT2D eigenvalue weighted by Gasteiger charge is -2.37. The number of carbonyl (C=O) groups is 3. The Morgan fingerprint density at radius 1 is 0.933 bits per heavy atom. The van der Waals surface area contributed by atoms with Crippen molar-refractivity contribution < 1.29 is 14.4 Å². The minimum Gasteiger partial charge on any atom is -0.344 e. The molecule has 2 aliphatic heterocycles. The molecule has 2 saturated heterocycles. The highest BCUT2D eigenvalue weighted by Crippen LogP contribution is 2.23. The fourth-order valence-corrected chi connectivity index (χ4v) is 4.44. The van der Waals surface area contributed by atoms with Gasteiger partial charge in [-0.2, -0.15) is 0 Å². The summed E-state index contributed by atoms with van der Waals surface area (Å²) in [6, 6.07) is 9.02. The quantitative estimate of drug-likeness (QED) is 0.779. The standard InChI is InChI=1S/C24H35N3O3/c1-18(2)22(25-21(28)17-19-9-5-3-6-10-19)24(30)27-15-11-20(12-16-27)23(29)26-13-7-4-8-14-26/h3,5-6,9-10,18,20,22H,4,7-8,11-17H2,1-2H3,(H,25,28)/t22-/m0/s1. The van der Waals surface area contributed by atoms with Crippen molar-refractivity contribution in [3.8, 4) is 0 Å². The third-order valence-electron chi connectivity index (χ3n) is 6.28. The maximum Gasteiger partial charge on any atom is 0.245 e. The first-order valence-corrected chi connectivity index (χ1v) is 11.4. The molecular formula is C24H35N3O3. The predicted octanol–water partition coefficient (Wildman–Crippen LogP) is 2.62. The van der Waals surface area contributed by atoms with Crippen LogP contribution < -0.4 is 5.32 Å². The number of amides is 3. The Kier molecular flexibility index (Phi) is 7.88. The summed E-state index contributed by atoms with van der Waals surface area (Å²) in [4.78, 5) is 42.2. The summed E-state index contributed by atoms with van der Waals surface area (Å²) in [5.74, 6) is 0.124. The van der Waals surface area contributed by atoms with Crippen molar-refractivity contribution in [3.05, 3.63) is 35.9 Å². The minimum absolute atomic E-state index is 0.00456. The number of piperidine rings is 2. The molecule has 0 aromatic heterocycles. The molecule has 0 saturated carbocycles. The Morgan fingerprint density at radius 2 is 1.57 bits per heavy atom. The zero-order chi connectivity index (χ0) is 21.5. The fourth-order valence-electron chi connectivity index (χ4n) is 4.44. The van der Waals surface area contributed by atoms with E-state index in [2.05, 4.69) is 5.32 Å². The van der Waals surface area contributed by atoms with Gasteiger partial charge in [0.25, 0.3) is 0 Å². The smallest absolute Gasteiger partial charge is 0.245 e. The van der Waals surface area contributed by atoms with Crippen molar-refractivity contribution in [3.63, 3.8) is 0 Å². The molecular weight excluding hydrogens is 378 g/mol. The Labute approximate surface area is 180 Å². The number of nitrogens with one attached hydrogen (secondary N) is 1. The van der Waals surface area contributed by atoms with Crippen LogP contribution in [0, 0.1) is 11.8 Å². The molecule has 3 amide bonds. The highest BCUT2D eigenvalue weighted by molar-refractivity contribution is 5.89. The van der Waals surface area contributed by atoms with Crippen LogP contribution in [0.2, 0.25) is 0 Å². The van der Waals surface area contributed by atoms with Gasteiger partial charge >= 0.3 is 0 Å². The Hall–Kier alpha value is -2.37. The van der Waals surface area contributed by atoms with E-state index >= 15 is 0 Å². The zero-order valence-corrected chi connectivity index (χ0v) is 18.3. The maximum atomic E-state index is 13.1. The number of hydrogen-bond acceptors (Lipinski definition) is 3. The lowest BCUT2D eigenvalue weighted by Crippen LogP contribution is -2.54. The highest BCUT2D eigenvalue weighted by atomic mass is 16.2. The fraction of sp³-hybridized carbons (Fsp3) is 0.625. The monoisotopic (exact) mass is 413 g/mol. The molecule has 6 nitrogen and oxygen atoms in total. The van der Waals surface area contributed by atoms with Gasteiger partial charge in [0.15, 0.2) is 0 Å². The molecule has 0 aliphatic carbocycles. The predicted molar refractivity (Wildman–Crippen MR) is 117 cm³/mol. The molecule has 0 bridgehead atoms. The summed E-state index contributed by atoms with van der Waals surface area (Å²) in [7, 11) is 0. The lowest BCUT2D eigenvalue weighted by atomic mass is 9.93. The van der Waals surface area contributed by atoms with Crippen LogP contribution in [0.25, 0.3) is 0 Å². The average Bonchev–Trinajstić information content (AvgIpc) is 2.78. The van der Waals surface area contributed by atoms with E-state index in [4.69, 9.17) is 0 Å². The van der Waals surface area contributed by atoms with Crippen LogP contribution in [0.3, 0.4) is 0 Å². The molecule has 1 N–H and O–H groups in total. The van der Waals surface area contributed by atoms with E-state index in [0.717, 1.165) is 31.5 Å². The molecule has 1 aromatic rings. The Morgan fingerprint density at radius 3 is 2.17 bits per heavy atom. The van der Waals surface area contributed by atoms with Crippen LogP contribution in [-0.2, 0) is 20.8 Å². The van der Waals surface area contributed by atoms with Gasteiger partial charge in [-0.1, -0.05) is 44.2 Å². The molecule has 2 aliphatic rings. The van der Waals surface area contributed by atoms with E-state index in [1.54, 1.807) is 0 Å². The van der Waals surface area contributed by atoms with Crippen molar-refractivity contribution in [1.29, 1.82) is 0 Å². The van der Waals surface area contributed by atoms with E-state index in [1.165, 1.54) is 6.42 Å². The summed E-state index contributed by atoms with van der Waals surface area (Å²) in [6.07, 6.45) is 5.10. The van der Waals surface area contributed by atoms with Crippen LogP contribution in [0.5, 0.6) is 0 Å². The van der Waals surface area contributed by atoms with Crippen LogP contribution in [0.1, 0.15) is 51.5 Å². The van der Waals surface area contributed by atoms with E-state index in [9.17, 15) is 14.4 Å². The second-order valence-corrected chi connectivity index (χ2v) is 8.94. The van der Waals surface area contributed by atoms with Crippen molar-refractivity contribution in [2.45, 2.75) is 58.4 Å². The maximum absolute atomic E-state index is 13.1. The van der Waals surface area contributed by atoms with Gasteiger partial charge in [-0.15, -0.1) is 0 Å². The van der Waals surface area contributed by atoms with Gasteiger partial charge in [0.2, 0.25) is 17.7 Å². The van der Waals surface area contributed by atoms with Gasteiger partial charge in [0.1, 0.15) is 6.04 Å². The molecule has 1 atom stereocenters. The molecule has 0 unspecified atom stereocenters. The van der Waals surface area contributed by atoms with Crippen LogP contribution >= 0.6 is 0 Å². The first-order chi connectivity index (χ1) is 14.5. The van der Waals surface area contributed by atoms with Crippen molar-refractivity contribution in [2.24, 2.45) is 11.8 Å². The van der Waals surface area contributed by atoms with E-state index in [1.807, 2.05) is 54.0 Å². The van der Waals surface area contributed by atoms with Crippen molar-refractivity contribution in [1.82, 2.24) is 15.1 Å². The average molecular weight is 414 g/mol. The Bertz CT molecular complexity index is 720. The molecule has 3 rings (SSSR count). The minimum atomic E-state index is -0.532. The molecule has 0 spiro atoms. The number of carbonyl (C=O) groups excluding carboxylic acids is 3. The second kappa shape index (κ2) is 10.6. The van der Waals surface area contributed by atoms with Gasteiger partial charge in [-0.05, 0) is 43.6 Å². The molecule has 30 heavy (non-hydrogen) atoms. The molecule has 6 heteroatoms. The van der Waals surface area contributed by atoms with Gasteiger partial charge in [0, 0.05) is 32.1 Å². The van der Waals surface area contributed by atoms with Crippen LogP contribution in [0.4, 0.5) is 0 Å². The van der Waals surface area contributed by atoms with Gasteiger partial charge in [0.05, 0.1) is 6.42 Å². The third-order valence-corrected chi connectivity index (χ3v) is 6.28. The molecule has 2 fully saturated rings. The summed E-state index contributed by atoms with van der Waals surface area (Å²) in [6.45, 7) is 6.83. The highest BCUT2D eigenvalue weighted by Gasteiger charge is 2.34. The Balaban J connectivity index is 1.52. The summed E-state index contributed by atoms with van der Waals surface area (Å²) >= 11 is 0. The van der Waals surface area contributed by atoms with E-state index in [-0.39, 0.29) is 36.0 Å². The number of nitrogens with zero attached hydrogens (tertiary/aromatic N) is 2. The molecule has 164 valence electrons. The molecule has 1 aromatic carbocycles. The number of rotatable bonds is 6. The SMILES string of the molecule is CC(C)[C@H](NC(=O)Cc1ccccc1)C(=O)N1CCC(C(=O)N2CCCCC2)CC1. The number of likely N-dealkylation sites (tertiary alicyclic amines) is 2. The van der Waals surface area contributed by atoms with Crippen LogP contribution in [0.15, 0.2) is 30.3 Å². The normalized spacial score (nSPS) is 18.9. The van der Waals surface area contributed by atoms with Gasteiger partial charge < -0.3 is 15.1 Å². The van der Waals surface area contributed by atoms with Crippen molar-refractivity contribution >= 4 is 17.7 Å². The number of hydrogen-bond donors (Lipinski definition) is 1. The van der Waals surface area contributed by atoms with Gasteiger partial charge in [-0.3, -0.25) is 14.4 Å². The summed E-state index contributed by atoms with van der Waals surface area (Å²) in [5.41, 5.74) is 0.932.